The first-order chi connectivity index (χ1) is 9.37. The Morgan fingerprint density at radius 2 is 1.95 bits per heavy atom. The Morgan fingerprint density at radius 3 is 2.40 bits per heavy atom. The molecule has 20 heavy (non-hydrogen) atoms. The van der Waals surface area contributed by atoms with E-state index < -0.39 is 24.7 Å². The Hall–Kier alpha value is -1.60. The highest BCUT2D eigenvalue weighted by Crippen LogP contribution is 2.19. The first-order valence-electron chi connectivity index (χ1n) is 5.99. The van der Waals surface area contributed by atoms with Crippen LogP contribution in [0.2, 0.25) is 0 Å². The van der Waals surface area contributed by atoms with E-state index in [2.05, 4.69) is 0 Å². The lowest BCUT2D eigenvalue weighted by atomic mass is 10.2. The molecule has 1 aromatic carbocycles. The van der Waals surface area contributed by atoms with Crippen molar-refractivity contribution in [1.82, 2.24) is 4.90 Å². The molecule has 1 aromatic rings. The summed E-state index contributed by atoms with van der Waals surface area (Å²) in [5.41, 5.74) is 5.93. The Bertz CT molecular complexity index is 419. The van der Waals surface area contributed by atoms with Crippen LogP contribution in [0.4, 0.5) is 13.2 Å². The largest absolute Gasteiger partial charge is 0.406 e. The minimum Gasteiger partial charge on any atom is -0.370 e. The van der Waals surface area contributed by atoms with E-state index in [1.165, 1.54) is 7.11 Å². The molecule has 4 nitrogen and oxygen atoms in total. The summed E-state index contributed by atoms with van der Waals surface area (Å²) in [6.45, 7) is -1.64. The van der Waals surface area contributed by atoms with Gasteiger partial charge < -0.3 is 15.4 Å². The van der Waals surface area contributed by atoms with Gasteiger partial charge in [-0.2, -0.15) is 13.2 Å². The number of hydrogen-bond acceptors (Lipinski definition) is 3. The van der Waals surface area contributed by atoms with Gasteiger partial charge in [-0.1, -0.05) is 30.3 Å². The van der Waals surface area contributed by atoms with Crippen molar-refractivity contribution in [2.45, 2.75) is 18.8 Å². The average molecular weight is 290 g/mol. The topological polar surface area (TPSA) is 55.6 Å². The number of halogens is 3. The SMILES string of the molecule is COC(CN)C(=O)N(Cc1ccccc1)CC(F)(F)F. The summed E-state index contributed by atoms with van der Waals surface area (Å²) in [5.74, 6) is -0.767. The first-order valence-corrected chi connectivity index (χ1v) is 5.99. The summed E-state index contributed by atoms with van der Waals surface area (Å²) in [6, 6.07) is 8.45. The minimum absolute atomic E-state index is 0.140. The molecular formula is C13H17F3N2O2. The first kappa shape index (κ1) is 16.5. The van der Waals surface area contributed by atoms with Crippen LogP contribution in [0.3, 0.4) is 0 Å². The predicted molar refractivity (Wildman–Crippen MR) is 67.8 cm³/mol. The van der Waals surface area contributed by atoms with Crippen LogP contribution in [0.25, 0.3) is 0 Å². The van der Waals surface area contributed by atoms with Gasteiger partial charge in [-0.15, -0.1) is 0 Å². The molecule has 0 aliphatic rings. The summed E-state index contributed by atoms with van der Waals surface area (Å²) in [7, 11) is 1.24. The number of rotatable bonds is 6. The van der Waals surface area contributed by atoms with Crippen molar-refractivity contribution < 1.29 is 22.7 Å². The summed E-state index contributed by atoms with van der Waals surface area (Å²) < 4.78 is 42.5. The Morgan fingerprint density at radius 1 is 1.35 bits per heavy atom. The van der Waals surface area contributed by atoms with Gasteiger partial charge in [0.25, 0.3) is 5.91 Å². The van der Waals surface area contributed by atoms with Gasteiger partial charge in [0.1, 0.15) is 12.6 Å². The second-order valence-corrected chi connectivity index (χ2v) is 4.26. The van der Waals surface area contributed by atoms with Crippen molar-refractivity contribution in [3.05, 3.63) is 35.9 Å². The van der Waals surface area contributed by atoms with Gasteiger partial charge in [0, 0.05) is 20.2 Å². The van der Waals surface area contributed by atoms with Crippen molar-refractivity contribution in [2.75, 3.05) is 20.2 Å². The minimum atomic E-state index is -4.47. The molecule has 0 spiro atoms. The Balaban J connectivity index is 2.87. The second-order valence-electron chi connectivity index (χ2n) is 4.26. The Labute approximate surface area is 115 Å². The van der Waals surface area contributed by atoms with Crippen LogP contribution < -0.4 is 5.73 Å². The molecule has 0 bridgehead atoms. The summed E-state index contributed by atoms with van der Waals surface area (Å²) in [4.78, 5) is 12.7. The van der Waals surface area contributed by atoms with Crippen LogP contribution in [-0.2, 0) is 16.1 Å². The standard InChI is InChI=1S/C13H17F3N2O2/c1-20-11(7-17)12(19)18(9-13(14,15)16)8-10-5-3-2-4-6-10/h2-6,11H,7-9,17H2,1H3. The lowest BCUT2D eigenvalue weighted by Crippen LogP contribution is -2.46. The van der Waals surface area contributed by atoms with Crippen molar-refractivity contribution in [3.8, 4) is 0 Å². The zero-order valence-corrected chi connectivity index (χ0v) is 11.1. The molecule has 0 aliphatic carbocycles. The van der Waals surface area contributed by atoms with E-state index in [-0.39, 0.29) is 13.1 Å². The number of methoxy groups -OCH3 is 1. The zero-order chi connectivity index (χ0) is 15.2. The molecule has 112 valence electrons. The average Bonchev–Trinajstić information content (AvgIpc) is 2.39. The van der Waals surface area contributed by atoms with E-state index in [9.17, 15) is 18.0 Å². The molecule has 0 fully saturated rings. The molecule has 7 heteroatoms. The van der Waals surface area contributed by atoms with Gasteiger partial charge in [0.05, 0.1) is 0 Å². The molecule has 0 radical (unpaired) electrons. The fourth-order valence-corrected chi connectivity index (χ4v) is 1.73. The van der Waals surface area contributed by atoms with Crippen LogP contribution in [0.5, 0.6) is 0 Å². The number of amides is 1. The van der Waals surface area contributed by atoms with Crippen molar-refractivity contribution in [3.63, 3.8) is 0 Å². The maximum Gasteiger partial charge on any atom is 0.406 e. The van der Waals surface area contributed by atoms with Crippen LogP contribution in [-0.4, -0.2) is 43.3 Å². The van der Waals surface area contributed by atoms with Gasteiger partial charge in [0.15, 0.2) is 0 Å². The monoisotopic (exact) mass is 290 g/mol. The van der Waals surface area contributed by atoms with Crippen LogP contribution >= 0.6 is 0 Å². The normalized spacial score (nSPS) is 13.1. The molecule has 0 aromatic heterocycles. The summed E-state index contributed by atoms with van der Waals surface area (Å²) >= 11 is 0. The lowest BCUT2D eigenvalue weighted by molar-refractivity contribution is -0.168. The Kier molecular flexibility index (Phi) is 5.97. The smallest absolute Gasteiger partial charge is 0.370 e. The van der Waals surface area contributed by atoms with Gasteiger partial charge in [-0.3, -0.25) is 4.79 Å². The van der Waals surface area contributed by atoms with E-state index >= 15 is 0 Å². The number of ether oxygens (including phenoxy) is 1. The maximum atomic E-state index is 12.6. The van der Waals surface area contributed by atoms with Gasteiger partial charge in [-0.25, -0.2) is 0 Å². The molecule has 1 rings (SSSR count). The lowest BCUT2D eigenvalue weighted by Gasteiger charge is -2.27. The van der Waals surface area contributed by atoms with E-state index in [4.69, 9.17) is 10.5 Å². The third kappa shape index (κ3) is 5.18. The zero-order valence-electron chi connectivity index (χ0n) is 11.1. The maximum absolute atomic E-state index is 12.6. The molecule has 1 unspecified atom stereocenters. The highest BCUT2D eigenvalue weighted by molar-refractivity contribution is 5.81. The number of hydrogen-bond donors (Lipinski definition) is 1. The fraction of sp³-hybridized carbons (Fsp3) is 0.462. The third-order valence-electron chi connectivity index (χ3n) is 2.67. The van der Waals surface area contributed by atoms with E-state index in [0.717, 1.165) is 0 Å². The quantitative estimate of drug-likeness (QED) is 0.865. The van der Waals surface area contributed by atoms with Gasteiger partial charge >= 0.3 is 6.18 Å². The molecule has 0 aliphatic heterocycles. The number of carbonyl (C=O) groups is 1. The molecule has 1 atom stereocenters. The number of nitrogens with two attached hydrogens (primary N) is 1. The van der Waals surface area contributed by atoms with E-state index in [1.54, 1.807) is 30.3 Å². The second kappa shape index (κ2) is 7.25. The van der Waals surface area contributed by atoms with Crippen molar-refractivity contribution >= 4 is 5.91 Å². The molecule has 2 N–H and O–H groups in total. The number of benzene rings is 1. The van der Waals surface area contributed by atoms with Crippen molar-refractivity contribution in [1.29, 1.82) is 0 Å². The third-order valence-corrected chi connectivity index (χ3v) is 2.67. The van der Waals surface area contributed by atoms with Crippen LogP contribution in [0.15, 0.2) is 30.3 Å². The molecule has 0 saturated heterocycles. The molecule has 0 saturated carbocycles. The fourth-order valence-electron chi connectivity index (χ4n) is 1.73. The highest BCUT2D eigenvalue weighted by Gasteiger charge is 2.35. The van der Waals surface area contributed by atoms with E-state index in [0.29, 0.717) is 10.5 Å². The van der Waals surface area contributed by atoms with Crippen LogP contribution in [0.1, 0.15) is 5.56 Å². The van der Waals surface area contributed by atoms with E-state index in [1.807, 2.05) is 0 Å². The summed E-state index contributed by atoms with van der Waals surface area (Å²) in [5, 5.41) is 0. The predicted octanol–water partition coefficient (Wildman–Crippen LogP) is 1.55. The molecule has 0 heterocycles. The molecule has 1 amide bonds. The number of nitrogens with zero attached hydrogens (tertiary/aromatic N) is 1. The number of carbonyl (C=O) groups excluding carboxylic acids is 1. The molecular weight excluding hydrogens is 273 g/mol. The number of alkyl halides is 3. The highest BCUT2D eigenvalue weighted by atomic mass is 19.4. The van der Waals surface area contributed by atoms with Crippen molar-refractivity contribution in [2.24, 2.45) is 5.73 Å². The van der Waals surface area contributed by atoms with Gasteiger partial charge in [0.2, 0.25) is 0 Å². The van der Waals surface area contributed by atoms with Gasteiger partial charge in [-0.05, 0) is 5.56 Å². The summed E-state index contributed by atoms with van der Waals surface area (Å²) in [6.07, 6.45) is -5.54. The van der Waals surface area contributed by atoms with Crippen LogP contribution in [0, 0.1) is 0 Å².